The number of hydrogen-bond acceptors (Lipinski definition) is 4. The Morgan fingerprint density at radius 3 is 2.45 bits per heavy atom. The summed E-state index contributed by atoms with van der Waals surface area (Å²) in [5, 5.41) is 3.07. The van der Waals surface area contributed by atoms with Gasteiger partial charge in [0.2, 0.25) is 0 Å². The number of amides is 2. The van der Waals surface area contributed by atoms with E-state index in [-0.39, 0.29) is 6.03 Å². The van der Waals surface area contributed by atoms with Gasteiger partial charge in [0.15, 0.2) is 5.82 Å². The van der Waals surface area contributed by atoms with Crippen LogP contribution in [0.25, 0.3) is 11.4 Å². The summed E-state index contributed by atoms with van der Waals surface area (Å²) in [6.07, 6.45) is 3.09. The number of carbonyl (C=O) groups excluding carboxylic acids is 1. The summed E-state index contributed by atoms with van der Waals surface area (Å²) in [6, 6.07) is 18.0. The maximum Gasteiger partial charge on any atom is 0.322 e. The van der Waals surface area contributed by atoms with Gasteiger partial charge in [0.1, 0.15) is 5.82 Å². The second-order valence-corrected chi connectivity index (χ2v) is 8.27. The molecule has 1 fully saturated rings. The van der Waals surface area contributed by atoms with E-state index >= 15 is 0 Å². The maximum atomic E-state index is 13.0. The van der Waals surface area contributed by atoms with Gasteiger partial charge in [-0.3, -0.25) is 0 Å². The van der Waals surface area contributed by atoms with E-state index in [9.17, 15) is 4.79 Å². The maximum absolute atomic E-state index is 13.0. The molecule has 0 unspecified atom stereocenters. The monoisotopic (exact) mass is 413 g/mol. The van der Waals surface area contributed by atoms with Crippen molar-refractivity contribution >= 4 is 17.5 Å². The summed E-state index contributed by atoms with van der Waals surface area (Å²) in [6.45, 7) is 5.20. The number of aryl methyl sites for hydroxylation is 1. The molecule has 6 nitrogen and oxygen atoms in total. The average molecular weight is 414 g/mol. The molecular formula is C25H27N5O. The third-order valence-electron chi connectivity index (χ3n) is 6.15. The van der Waals surface area contributed by atoms with Gasteiger partial charge >= 0.3 is 6.03 Å². The minimum atomic E-state index is -0.0699. The second kappa shape index (κ2) is 8.38. The van der Waals surface area contributed by atoms with E-state index in [4.69, 9.17) is 9.97 Å². The highest BCUT2D eigenvalue weighted by molar-refractivity contribution is 5.90. The first-order valence-corrected chi connectivity index (χ1v) is 11.0. The van der Waals surface area contributed by atoms with Gasteiger partial charge in [-0.15, -0.1) is 0 Å². The molecule has 2 aliphatic rings. The number of rotatable bonds is 3. The first-order valence-electron chi connectivity index (χ1n) is 11.0. The van der Waals surface area contributed by atoms with Gasteiger partial charge in [-0.25, -0.2) is 14.8 Å². The summed E-state index contributed by atoms with van der Waals surface area (Å²) in [7, 11) is 0. The SMILES string of the molecule is Cc1ccccc1NC(=O)N1CCc2nc(-c3ccccc3)nc(N3CCCC3)c2C1. The Labute approximate surface area is 182 Å². The molecule has 2 aromatic carbocycles. The van der Waals surface area contributed by atoms with Crippen LogP contribution in [-0.2, 0) is 13.0 Å². The molecule has 1 aromatic heterocycles. The Morgan fingerprint density at radius 2 is 1.68 bits per heavy atom. The van der Waals surface area contributed by atoms with Crippen LogP contribution in [0.15, 0.2) is 54.6 Å². The number of benzene rings is 2. The van der Waals surface area contributed by atoms with Gasteiger partial charge in [0.05, 0.1) is 12.2 Å². The molecule has 0 spiro atoms. The predicted molar refractivity (Wildman–Crippen MR) is 123 cm³/mol. The van der Waals surface area contributed by atoms with E-state index in [0.717, 1.165) is 59.2 Å². The van der Waals surface area contributed by atoms with E-state index in [1.807, 2.05) is 54.3 Å². The quantitative estimate of drug-likeness (QED) is 0.679. The van der Waals surface area contributed by atoms with Crippen molar-refractivity contribution in [3.63, 3.8) is 0 Å². The van der Waals surface area contributed by atoms with Crippen molar-refractivity contribution in [3.8, 4) is 11.4 Å². The normalized spacial score (nSPS) is 15.6. The van der Waals surface area contributed by atoms with Gasteiger partial charge in [-0.2, -0.15) is 0 Å². The second-order valence-electron chi connectivity index (χ2n) is 8.27. The number of anilines is 2. The summed E-state index contributed by atoms with van der Waals surface area (Å²) < 4.78 is 0. The number of nitrogens with zero attached hydrogens (tertiary/aromatic N) is 4. The summed E-state index contributed by atoms with van der Waals surface area (Å²) in [5.74, 6) is 1.77. The number of urea groups is 1. The van der Waals surface area contributed by atoms with Gasteiger partial charge in [0.25, 0.3) is 0 Å². The molecule has 0 aliphatic carbocycles. The Morgan fingerprint density at radius 1 is 0.935 bits per heavy atom. The zero-order valence-corrected chi connectivity index (χ0v) is 17.8. The number of aromatic nitrogens is 2. The first kappa shape index (κ1) is 19.5. The van der Waals surface area contributed by atoms with E-state index in [1.165, 1.54) is 12.8 Å². The Kier molecular flexibility index (Phi) is 5.28. The van der Waals surface area contributed by atoms with E-state index < -0.39 is 0 Å². The van der Waals surface area contributed by atoms with Gasteiger partial charge in [-0.1, -0.05) is 48.5 Å². The lowest BCUT2D eigenvalue weighted by molar-refractivity contribution is 0.206. The summed E-state index contributed by atoms with van der Waals surface area (Å²) in [5.41, 5.74) is 5.10. The molecule has 6 heteroatoms. The highest BCUT2D eigenvalue weighted by Crippen LogP contribution is 2.31. The van der Waals surface area contributed by atoms with Crippen molar-refractivity contribution in [1.82, 2.24) is 14.9 Å². The lowest BCUT2D eigenvalue weighted by Crippen LogP contribution is -2.40. The Hall–Kier alpha value is -3.41. The number of fused-ring (bicyclic) bond motifs is 1. The van der Waals surface area contributed by atoms with E-state index in [2.05, 4.69) is 22.3 Å². The largest absolute Gasteiger partial charge is 0.356 e. The third-order valence-corrected chi connectivity index (χ3v) is 6.15. The molecule has 2 aliphatic heterocycles. The number of para-hydroxylation sites is 1. The first-order chi connectivity index (χ1) is 15.2. The highest BCUT2D eigenvalue weighted by Gasteiger charge is 2.29. The van der Waals surface area contributed by atoms with Crippen molar-refractivity contribution in [2.75, 3.05) is 29.9 Å². The predicted octanol–water partition coefficient (Wildman–Crippen LogP) is 4.64. The molecular weight excluding hydrogens is 386 g/mol. The Balaban J connectivity index is 1.45. The highest BCUT2D eigenvalue weighted by atomic mass is 16.2. The lowest BCUT2D eigenvalue weighted by Gasteiger charge is -2.32. The molecule has 31 heavy (non-hydrogen) atoms. The smallest absolute Gasteiger partial charge is 0.322 e. The number of nitrogens with one attached hydrogen (secondary N) is 1. The van der Waals surface area contributed by atoms with Crippen LogP contribution in [0.4, 0.5) is 16.3 Å². The zero-order chi connectivity index (χ0) is 21.2. The molecule has 0 radical (unpaired) electrons. The van der Waals surface area contributed by atoms with Crippen molar-refractivity contribution in [1.29, 1.82) is 0 Å². The lowest BCUT2D eigenvalue weighted by atomic mass is 10.0. The summed E-state index contributed by atoms with van der Waals surface area (Å²) >= 11 is 0. The molecule has 5 rings (SSSR count). The van der Waals surface area contributed by atoms with E-state index in [0.29, 0.717) is 13.1 Å². The molecule has 0 saturated carbocycles. The van der Waals surface area contributed by atoms with Gasteiger partial charge in [-0.05, 0) is 31.4 Å². The van der Waals surface area contributed by atoms with Crippen molar-refractivity contribution in [2.24, 2.45) is 0 Å². The van der Waals surface area contributed by atoms with Crippen LogP contribution in [0.2, 0.25) is 0 Å². The zero-order valence-electron chi connectivity index (χ0n) is 17.8. The van der Waals surface area contributed by atoms with Crippen molar-refractivity contribution in [2.45, 2.75) is 32.7 Å². The molecule has 3 aromatic rings. The molecule has 3 heterocycles. The van der Waals surface area contributed by atoms with Crippen LogP contribution in [0, 0.1) is 6.92 Å². The molecule has 2 amide bonds. The number of hydrogen-bond donors (Lipinski definition) is 1. The topological polar surface area (TPSA) is 61.4 Å². The van der Waals surface area contributed by atoms with E-state index in [1.54, 1.807) is 0 Å². The molecule has 0 atom stereocenters. The fraction of sp³-hybridized carbons (Fsp3) is 0.320. The molecule has 158 valence electrons. The molecule has 1 N–H and O–H groups in total. The minimum absolute atomic E-state index is 0.0699. The molecule has 0 bridgehead atoms. The minimum Gasteiger partial charge on any atom is -0.356 e. The van der Waals surface area contributed by atoms with Crippen molar-refractivity contribution in [3.05, 3.63) is 71.4 Å². The van der Waals surface area contributed by atoms with Crippen LogP contribution in [-0.4, -0.2) is 40.5 Å². The fourth-order valence-corrected chi connectivity index (χ4v) is 4.38. The van der Waals surface area contributed by atoms with Crippen LogP contribution in [0.3, 0.4) is 0 Å². The van der Waals surface area contributed by atoms with Crippen LogP contribution < -0.4 is 10.2 Å². The van der Waals surface area contributed by atoms with Crippen LogP contribution in [0.5, 0.6) is 0 Å². The summed E-state index contributed by atoms with van der Waals surface area (Å²) in [4.78, 5) is 27.1. The van der Waals surface area contributed by atoms with Crippen molar-refractivity contribution < 1.29 is 4.79 Å². The number of carbonyl (C=O) groups is 1. The van der Waals surface area contributed by atoms with Gasteiger partial charge in [0, 0.05) is 42.9 Å². The van der Waals surface area contributed by atoms with Gasteiger partial charge < -0.3 is 15.1 Å². The van der Waals surface area contributed by atoms with Crippen LogP contribution in [0.1, 0.15) is 29.7 Å². The fourth-order valence-electron chi connectivity index (χ4n) is 4.38. The standard InChI is InChI=1S/C25H27N5O/c1-18-9-5-6-12-21(18)27-25(31)30-16-13-22-20(17-30)24(29-14-7-8-15-29)28-23(26-22)19-10-3-2-4-11-19/h2-6,9-12H,7-8,13-17H2,1H3,(H,27,31). The Bertz CT molecular complexity index is 1090. The third kappa shape index (κ3) is 3.98. The average Bonchev–Trinajstić information content (AvgIpc) is 3.35. The molecule has 1 saturated heterocycles. The van der Waals surface area contributed by atoms with Crippen LogP contribution >= 0.6 is 0 Å².